The third-order valence-electron chi connectivity index (χ3n) is 10.9. The van der Waals surface area contributed by atoms with E-state index in [2.05, 4.69) is 195 Å². The predicted molar refractivity (Wildman–Crippen MR) is 214 cm³/mol. The molecule has 242 valence electrons. The van der Waals surface area contributed by atoms with Crippen molar-refractivity contribution in [3.63, 3.8) is 0 Å². The molecular formula is C49H35NO. The van der Waals surface area contributed by atoms with E-state index in [4.69, 9.17) is 4.42 Å². The second-order valence-corrected chi connectivity index (χ2v) is 14.1. The fraction of sp³-hybridized carbons (Fsp3) is 0.0612. The van der Waals surface area contributed by atoms with Crippen LogP contribution in [0.15, 0.2) is 180 Å². The Kier molecular flexibility index (Phi) is 6.56. The average molecular weight is 654 g/mol. The van der Waals surface area contributed by atoms with E-state index in [0.29, 0.717) is 0 Å². The maximum Gasteiger partial charge on any atom is 0.136 e. The summed E-state index contributed by atoms with van der Waals surface area (Å²) in [5, 5.41) is 4.69. The van der Waals surface area contributed by atoms with Crippen LogP contribution in [0.1, 0.15) is 25.0 Å². The van der Waals surface area contributed by atoms with E-state index in [-0.39, 0.29) is 5.41 Å². The van der Waals surface area contributed by atoms with Crippen LogP contribution >= 0.6 is 0 Å². The maximum atomic E-state index is 6.42. The topological polar surface area (TPSA) is 16.4 Å². The third kappa shape index (κ3) is 4.64. The first-order valence-corrected chi connectivity index (χ1v) is 17.7. The van der Waals surface area contributed by atoms with Gasteiger partial charge >= 0.3 is 0 Å². The standard InChI is InChI=1S/C49H35NO/c1-49(2)43-20-10-8-18-40(43)41-31-37(27-28-44(41)49)50(45-21-11-9-17-38(45)32-13-4-3-5-14-32)36-25-23-33(24-26-36)39-19-12-22-46-48(39)42-29-34-15-6-7-16-35(34)30-47(42)51-46/h3-31H,1-2H3. The minimum atomic E-state index is -0.0521. The molecule has 0 saturated carbocycles. The molecule has 1 aliphatic rings. The van der Waals surface area contributed by atoms with Crippen molar-refractivity contribution in [3.05, 3.63) is 187 Å². The van der Waals surface area contributed by atoms with Crippen LogP contribution in [-0.2, 0) is 5.41 Å². The van der Waals surface area contributed by atoms with Crippen LogP contribution in [0, 0.1) is 0 Å². The molecule has 1 aromatic heterocycles. The number of benzene rings is 8. The second kappa shape index (κ2) is 11.3. The van der Waals surface area contributed by atoms with Gasteiger partial charge in [-0.1, -0.05) is 141 Å². The molecule has 0 aliphatic heterocycles. The van der Waals surface area contributed by atoms with E-state index in [1.54, 1.807) is 0 Å². The lowest BCUT2D eigenvalue weighted by Gasteiger charge is -2.29. The number of hydrogen-bond acceptors (Lipinski definition) is 2. The largest absolute Gasteiger partial charge is 0.456 e. The molecule has 0 N–H and O–H groups in total. The number of furan rings is 1. The van der Waals surface area contributed by atoms with Crippen molar-refractivity contribution in [2.75, 3.05) is 4.90 Å². The van der Waals surface area contributed by atoms with Crippen molar-refractivity contribution in [3.8, 4) is 33.4 Å². The molecule has 0 bridgehead atoms. The Morgan fingerprint density at radius 1 is 0.431 bits per heavy atom. The lowest BCUT2D eigenvalue weighted by Crippen LogP contribution is -2.15. The molecule has 0 atom stereocenters. The van der Waals surface area contributed by atoms with Crippen LogP contribution in [0.3, 0.4) is 0 Å². The molecule has 9 aromatic rings. The van der Waals surface area contributed by atoms with Gasteiger partial charge in [-0.15, -0.1) is 0 Å². The van der Waals surface area contributed by atoms with Gasteiger partial charge in [-0.25, -0.2) is 0 Å². The van der Waals surface area contributed by atoms with Gasteiger partial charge in [-0.05, 0) is 98.2 Å². The van der Waals surface area contributed by atoms with Crippen molar-refractivity contribution >= 4 is 49.8 Å². The molecule has 2 nitrogen and oxygen atoms in total. The molecule has 1 heterocycles. The fourth-order valence-electron chi connectivity index (χ4n) is 8.35. The highest BCUT2D eigenvalue weighted by molar-refractivity contribution is 6.15. The zero-order valence-electron chi connectivity index (χ0n) is 28.6. The average Bonchev–Trinajstić information content (AvgIpc) is 3.66. The SMILES string of the molecule is CC1(C)c2ccccc2-c2cc(N(c3ccc(-c4cccc5oc6cc7ccccc7cc6c45)cc3)c3ccccc3-c3ccccc3)ccc21. The zero-order valence-corrected chi connectivity index (χ0v) is 28.6. The first kappa shape index (κ1) is 29.5. The number of nitrogens with zero attached hydrogens (tertiary/aromatic N) is 1. The molecule has 0 saturated heterocycles. The van der Waals surface area contributed by atoms with E-state index in [0.717, 1.165) is 44.6 Å². The summed E-state index contributed by atoms with van der Waals surface area (Å²) in [4.78, 5) is 2.42. The van der Waals surface area contributed by atoms with Crippen LogP contribution in [0.5, 0.6) is 0 Å². The van der Waals surface area contributed by atoms with Gasteiger partial charge in [0.2, 0.25) is 0 Å². The van der Waals surface area contributed by atoms with E-state index in [9.17, 15) is 0 Å². The zero-order chi connectivity index (χ0) is 34.1. The highest BCUT2D eigenvalue weighted by atomic mass is 16.3. The number of anilines is 3. The Morgan fingerprint density at radius 3 is 1.88 bits per heavy atom. The number of para-hydroxylation sites is 1. The molecule has 2 heteroatoms. The van der Waals surface area contributed by atoms with E-state index in [1.807, 2.05) is 0 Å². The van der Waals surface area contributed by atoms with Crippen LogP contribution < -0.4 is 4.90 Å². The Bertz CT molecular complexity index is 2770. The Hall–Kier alpha value is -6.38. The van der Waals surface area contributed by atoms with Crippen LogP contribution in [0.2, 0.25) is 0 Å². The van der Waals surface area contributed by atoms with Crippen molar-refractivity contribution in [2.45, 2.75) is 19.3 Å². The Balaban J connectivity index is 1.15. The predicted octanol–water partition coefficient (Wildman–Crippen LogP) is 13.8. The molecule has 0 spiro atoms. The van der Waals surface area contributed by atoms with Gasteiger partial charge in [0.15, 0.2) is 0 Å². The molecule has 0 radical (unpaired) electrons. The quantitative estimate of drug-likeness (QED) is 0.184. The van der Waals surface area contributed by atoms with E-state index < -0.39 is 0 Å². The highest BCUT2D eigenvalue weighted by Crippen LogP contribution is 2.51. The highest BCUT2D eigenvalue weighted by Gasteiger charge is 2.35. The summed E-state index contributed by atoms with van der Waals surface area (Å²) in [6, 6.07) is 63.7. The van der Waals surface area contributed by atoms with Crippen molar-refractivity contribution in [1.82, 2.24) is 0 Å². The molecule has 51 heavy (non-hydrogen) atoms. The molecule has 0 amide bonds. The Morgan fingerprint density at radius 2 is 1.06 bits per heavy atom. The van der Waals surface area contributed by atoms with Gasteiger partial charge in [-0.2, -0.15) is 0 Å². The van der Waals surface area contributed by atoms with Crippen molar-refractivity contribution in [1.29, 1.82) is 0 Å². The van der Waals surface area contributed by atoms with Gasteiger partial charge in [0.1, 0.15) is 11.2 Å². The smallest absolute Gasteiger partial charge is 0.136 e. The molecule has 0 fully saturated rings. The van der Waals surface area contributed by atoms with Gasteiger partial charge in [-0.3, -0.25) is 0 Å². The van der Waals surface area contributed by atoms with Gasteiger partial charge in [0.05, 0.1) is 5.69 Å². The normalized spacial score (nSPS) is 13.1. The molecule has 1 aliphatic carbocycles. The van der Waals surface area contributed by atoms with Crippen molar-refractivity contribution in [2.24, 2.45) is 0 Å². The summed E-state index contributed by atoms with van der Waals surface area (Å²) in [5.74, 6) is 0. The molecule has 8 aromatic carbocycles. The maximum absolute atomic E-state index is 6.42. The summed E-state index contributed by atoms with van der Waals surface area (Å²) in [6.07, 6.45) is 0. The summed E-state index contributed by atoms with van der Waals surface area (Å²) in [7, 11) is 0. The van der Waals surface area contributed by atoms with Crippen LogP contribution in [0.4, 0.5) is 17.1 Å². The van der Waals surface area contributed by atoms with E-state index in [1.165, 1.54) is 49.7 Å². The lowest BCUT2D eigenvalue weighted by atomic mass is 9.82. The lowest BCUT2D eigenvalue weighted by molar-refractivity contribution is 0.660. The molecule has 0 unspecified atom stereocenters. The van der Waals surface area contributed by atoms with Gasteiger partial charge in [0, 0.05) is 33.1 Å². The molecular weight excluding hydrogens is 619 g/mol. The number of rotatable bonds is 5. The minimum Gasteiger partial charge on any atom is -0.456 e. The molecule has 10 rings (SSSR count). The van der Waals surface area contributed by atoms with E-state index >= 15 is 0 Å². The van der Waals surface area contributed by atoms with Crippen LogP contribution in [-0.4, -0.2) is 0 Å². The monoisotopic (exact) mass is 653 g/mol. The summed E-state index contributed by atoms with van der Waals surface area (Å²) in [6.45, 7) is 4.68. The summed E-state index contributed by atoms with van der Waals surface area (Å²) >= 11 is 0. The number of fused-ring (bicyclic) bond motifs is 7. The minimum absolute atomic E-state index is 0.0521. The van der Waals surface area contributed by atoms with Gasteiger partial charge < -0.3 is 9.32 Å². The summed E-state index contributed by atoms with van der Waals surface area (Å²) in [5.41, 5.74) is 15.2. The first-order chi connectivity index (χ1) is 25.0. The third-order valence-corrected chi connectivity index (χ3v) is 10.9. The van der Waals surface area contributed by atoms with Crippen LogP contribution in [0.25, 0.3) is 66.1 Å². The Labute approximate surface area is 297 Å². The number of hydrogen-bond donors (Lipinski definition) is 0. The van der Waals surface area contributed by atoms with Gasteiger partial charge in [0.25, 0.3) is 0 Å². The second-order valence-electron chi connectivity index (χ2n) is 14.1. The fourth-order valence-corrected chi connectivity index (χ4v) is 8.35. The summed E-state index contributed by atoms with van der Waals surface area (Å²) < 4.78 is 6.42. The first-order valence-electron chi connectivity index (χ1n) is 17.7. The van der Waals surface area contributed by atoms with Crippen molar-refractivity contribution < 1.29 is 4.42 Å².